The molecule has 1 aromatic heterocycles. The van der Waals surface area contributed by atoms with Crippen LogP contribution in [0.1, 0.15) is 29.8 Å². The van der Waals surface area contributed by atoms with E-state index in [0.29, 0.717) is 5.69 Å². The number of rotatable bonds is 7. The average molecular weight is 421 g/mol. The van der Waals surface area contributed by atoms with Crippen molar-refractivity contribution in [1.82, 2.24) is 4.57 Å². The molecular formula is C24H27N3O4. The Balaban J connectivity index is 1.66. The second-order valence-corrected chi connectivity index (χ2v) is 7.61. The summed E-state index contributed by atoms with van der Waals surface area (Å²) in [5.41, 5.74) is 3.31. The number of ether oxygens (including phenoxy) is 2. The van der Waals surface area contributed by atoms with Crippen molar-refractivity contribution in [3.63, 3.8) is 0 Å². The number of hydrogen-bond donors (Lipinski definition) is 0. The molecule has 0 bridgehead atoms. The standard InChI is InChI=1S/C24H27N3O4/c1-17-12-19(18(2)27(17)15-22-10-7-11-30-22)13-20(14-25)24(29)31-16-23(28)26(3)21-8-5-4-6-9-21/h4-6,8-9,12-13,22H,7,10-11,15-16H2,1-3H3/b20-13+/t22-/m1/s1. The summed E-state index contributed by atoms with van der Waals surface area (Å²) in [5, 5.41) is 9.47. The zero-order chi connectivity index (χ0) is 22.4. The van der Waals surface area contributed by atoms with Crippen LogP contribution in [-0.4, -0.2) is 42.8 Å². The zero-order valence-electron chi connectivity index (χ0n) is 18.1. The minimum Gasteiger partial charge on any atom is -0.451 e. The predicted molar refractivity (Wildman–Crippen MR) is 117 cm³/mol. The lowest BCUT2D eigenvalue weighted by molar-refractivity contribution is -0.143. The van der Waals surface area contributed by atoms with Crippen LogP contribution in [0.3, 0.4) is 0 Å². The number of aromatic nitrogens is 1. The first-order chi connectivity index (χ1) is 14.9. The molecule has 0 aliphatic carbocycles. The summed E-state index contributed by atoms with van der Waals surface area (Å²) < 4.78 is 13.0. The Kier molecular flexibility index (Phi) is 7.27. The molecule has 0 unspecified atom stereocenters. The van der Waals surface area contributed by atoms with Crippen LogP contribution in [0.5, 0.6) is 0 Å². The third kappa shape index (κ3) is 5.41. The van der Waals surface area contributed by atoms with Crippen LogP contribution < -0.4 is 4.90 Å². The van der Waals surface area contributed by atoms with Gasteiger partial charge in [0.25, 0.3) is 5.91 Å². The smallest absolute Gasteiger partial charge is 0.349 e. The Bertz CT molecular complexity index is 1010. The molecule has 7 heteroatoms. The Morgan fingerprint density at radius 3 is 2.71 bits per heavy atom. The SMILES string of the molecule is Cc1cc(/C=C(\C#N)C(=O)OCC(=O)N(C)c2ccccc2)c(C)n1C[C@H]1CCCO1. The van der Waals surface area contributed by atoms with Crippen LogP contribution >= 0.6 is 0 Å². The minimum atomic E-state index is -0.818. The van der Waals surface area contributed by atoms with Crippen LogP contribution in [0.4, 0.5) is 5.69 Å². The summed E-state index contributed by atoms with van der Waals surface area (Å²) >= 11 is 0. The molecule has 1 saturated heterocycles. The van der Waals surface area contributed by atoms with Gasteiger partial charge >= 0.3 is 5.97 Å². The highest BCUT2D eigenvalue weighted by atomic mass is 16.5. The highest BCUT2D eigenvalue weighted by Crippen LogP contribution is 2.22. The summed E-state index contributed by atoms with van der Waals surface area (Å²) in [6.45, 7) is 5.03. The van der Waals surface area contributed by atoms with Crippen molar-refractivity contribution in [1.29, 1.82) is 5.26 Å². The first kappa shape index (κ1) is 22.3. The number of anilines is 1. The minimum absolute atomic E-state index is 0.146. The first-order valence-electron chi connectivity index (χ1n) is 10.3. The molecule has 0 saturated carbocycles. The molecule has 1 aromatic carbocycles. The van der Waals surface area contributed by atoms with E-state index in [1.807, 2.05) is 44.2 Å². The molecule has 2 aromatic rings. The van der Waals surface area contributed by atoms with E-state index in [1.54, 1.807) is 19.2 Å². The topological polar surface area (TPSA) is 84.6 Å². The molecule has 0 radical (unpaired) electrons. The number of hydrogen-bond acceptors (Lipinski definition) is 5. The predicted octanol–water partition coefficient (Wildman–Crippen LogP) is 3.40. The van der Waals surface area contributed by atoms with Crippen LogP contribution in [-0.2, 0) is 25.6 Å². The zero-order valence-corrected chi connectivity index (χ0v) is 18.1. The van der Waals surface area contributed by atoms with Gasteiger partial charge in [0, 0.05) is 37.3 Å². The number of benzene rings is 1. The summed E-state index contributed by atoms with van der Waals surface area (Å²) in [6.07, 6.45) is 3.81. The van der Waals surface area contributed by atoms with Crippen LogP contribution in [0.2, 0.25) is 0 Å². The number of carbonyl (C=O) groups excluding carboxylic acids is 2. The van der Waals surface area contributed by atoms with Gasteiger partial charge in [0.05, 0.1) is 6.10 Å². The first-order valence-corrected chi connectivity index (χ1v) is 10.3. The molecular weight excluding hydrogens is 394 g/mol. The second-order valence-electron chi connectivity index (χ2n) is 7.61. The summed E-state index contributed by atoms with van der Waals surface area (Å²) in [6, 6.07) is 12.9. The normalized spacial score (nSPS) is 16.1. The lowest BCUT2D eigenvalue weighted by Gasteiger charge is -2.17. The molecule has 31 heavy (non-hydrogen) atoms. The van der Waals surface area contributed by atoms with Crippen molar-refractivity contribution in [3.8, 4) is 6.07 Å². The maximum Gasteiger partial charge on any atom is 0.349 e. The fourth-order valence-electron chi connectivity index (χ4n) is 3.64. The molecule has 1 aliphatic rings. The summed E-state index contributed by atoms with van der Waals surface area (Å²) in [7, 11) is 1.61. The largest absolute Gasteiger partial charge is 0.451 e. The second kappa shape index (κ2) is 10.1. The van der Waals surface area contributed by atoms with Crippen molar-refractivity contribution in [2.24, 2.45) is 0 Å². The molecule has 0 N–H and O–H groups in total. The highest BCUT2D eigenvalue weighted by Gasteiger charge is 2.20. The van der Waals surface area contributed by atoms with Gasteiger partial charge in [-0.2, -0.15) is 5.26 Å². The number of amides is 1. The van der Waals surface area contributed by atoms with E-state index in [1.165, 1.54) is 11.0 Å². The van der Waals surface area contributed by atoms with Gasteiger partial charge in [0.15, 0.2) is 6.61 Å². The Hall–Kier alpha value is -3.37. The third-order valence-electron chi connectivity index (χ3n) is 5.51. The van der Waals surface area contributed by atoms with E-state index in [0.717, 1.165) is 42.9 Å². The molecule has 1 fully saturated rings. The number of carbonyl (C=O) groups is 2. The van der Waals surface area contributed by atoms with Gasteiger partial charge in [-0.1, -0.05) is 18.2 Å². The van der Waals surface area contributed by atoms with Crippen LogP contribution in [0.15, 0.2) is 42.0 Å². The summed E-state index contributed by atoms with van der Waals surface area (Å²) in [4.78, 5) is 26.1. The number of nitriles is 1. The van der Waals surface area contributed by atoms with E-state index in [2.05, 4.69) is 4.57 Å². The number of likely N-dealkylation sites (N-methyl/N-ethyl adjacent to an activating group) is 1. The van der Waals surface area contributed by atoms with E-state index >= 15 is 0 Å². The fourth-order valence-corrected chi connectivity index (χ4v) is 3.64. The molecule has 1 atom stereocenters. The van der Waals surface area contributed by atoms with Gasteiger partial charge in [-0.05, 0) is 56.5 Å². The molecule has 162 valence electrons. The Morgan fingerprint density at radius 2 is 2.06 bits per heavy atom. The number of aryl methyl sites for hydroxylation is 1. The van der Waals surface area contributed by atoms with Gasteiger partial charge in [-0.25, -0.2) is 4.79 Å². The van der Waals surface area contributed by atoms with Crippen molar-refractivity contribution >= 4 is 23.6 Å². The van der Waals surface area contributed by atoms with Gasteiger partial charge < -0.3 is 18.9 Å². The number of esters is 1. The third-order valence-corrected chi connectivity index (χ3v) is 5.51. The number of nitrogens with zero attached hydrogens (tertiary/aromatic N) is 3. The van der Waals surface area contributed by atoms with Crippen molar-refractivity contribution in [2.45, 2.75) is 39.3 Å². The molecule has 3 rings (SSSR count). The van der Waals surface area contributed by atoms with Crippen LogP contribution in [0.25, 0.3) is 6.08 Å². The maximum absolute atomic E-state index is 12.4. The maximum atomic E-state index is 12.4. The Labute approximate surface area is 182 Å². The average Bonchev–Trinajstić information content (AvgIpc) is 3.39. The Morgan fingerprint density at radius 1 is 1.32 bits per heavy atom. The van der Waals surface area contributed by atoms with E-state index in [9.17, 15) is 14.9 Å². The monoisotopic (exact) mass is 421 g/mol. The molecule has 2 heterocycles. The van der Waals surface area contributed by atoms with Gasteiger partial charge in [-0.15, -0.1) is 0 Å². The van der Waals surface area contributed by atoms with E-state index in [-0.39, 0.29) is 17.6 Å². The quantitative estimate of drug-likeness (QED) is 0.389. The lowest BCUT2D eigenvalue weighted by atomic mass is 10.1. The van der Waals surface area contributed by atoms with Gasteiger partial charge in [0.1, 0.15) is 11.6 Å². The summed E-state index contributed by atoms with van der Waals surface area (Å²) in [5.74, 6) is -1.20. The van der Waals surface area contributed by atoms with E-state index < -0.39 is 12.6 Å². The van der Waals surface area contributed by atoms with Gasteiger partial charge in [-0.3, -0.25) is 4.79 Å². The highest BCUT2D eigenvalue weighted by molar-refractivity contribution is 6.00. The lowest BCUT2D eigenvalue weighted by Crippen LogP contribution is -2.31. The van der Waals surface area contributed by atoms with Crippen molar-refractivity contribution < 1.29 is 19.1 Å². The number of para-hydroxylation sites is 1. The molecule has 7 nitrogen and oxygen atoms in total. The molecule has 0 spiro atoms. The van der Waals surface area contributed by atoms with Crippen molar-refractivity contribution in [2.75, 3.05) is 25.2 Å². The van der Waals surface area contributed by atoms with E-state index in [4.69, 9.17) is 9.47 Å². The van der Waals surface area contributed by atoms with Crippen LogP contribution in [0, 0.1) is 25.2 Å². The fraction of sp³-hybridized carbons (Fsp3) is 0.375. The van der Waals surface area contributed by atoms with Gasteiger partial charge in [0.2, 0.25) is 0 Å². The van der Waals surface area contributed by atoms with Crippen molar-refractivity contribution in [3.05, 3.63) is 58.9 Å². The molecule has 1 aliphatic heterocycles. The molecule has 1 amide bonds.